The largest absolute Gasteiger partial charge is 0.462 e. The molecule has 0 amide bonds. The van der Waals surface area contributed by atoms with E-state index in [9.17, 15) is 41.8 Å². The molecule has 0 aromatic heterocycles. The minimum absolute atomic E-state index is 0.232. The first-order chi connectivity index (χ1) is 15.9. The Balaban J connectivity index is 0. The summed E-state index contributed by atoms with van der Waals surface area (Å²) in [5, 5.41) is 9.20. The smallest absolute Gasteiger partial charge is 0.345 e. The molecule has 0 fully saturated rings. The van der Waals surface area contributed by atoms with Crippen LogP contribution in [0.2, 0.25) is 0 Å². The fraction of sp³-hybridized carbons (Fsp3) is 0.727. The molecule has 0 saturated heterocycles. The van der Waals surface area contributed by atoms with E-state index in [0.29, 0.717) is 0 Å². The highest BCUT2D eigenvalue weighted by atomic mass is 19.3. The van der Waals surface area contributed by atoms with Crippen LogP contribution in [0.1, 0.15) is 55.4 Å². The van der Waals surface area contributed by atoms with Gasteiger partial charge >= 0.3 is 23.9 Å². The van der Waals surface area contributed by atoms with Crippen LogP contribution in [0, 0.1) is 5.92 Å². The molecule has 0 aromatic carbocycles. The first-order valence-corrected chi connectivity index (χ1v) is 10.7. The molecule has 13 heteroatoms. The lowest BCUT2D eigenvalue weighted by atomic mass is 10.0. The molecule has 0 aliphatic carbocycles. The van der Waals surface area contributed by atoms with E-state index in [1.807, 2.05) is 0 Å². The van der Waals surface area contributed by atoms with Gasteiger partial charge in [-0.15, -0.1) is 0 Å². The van der Waals surface area contributed by atoms with E-state index in [1.54, 1.807) is 27.7 Å². The van der Waals surface area contributed by atoms with Gasteiger partial charge in [-0.05, 0) is 55.4 Å². The number of alkyl halides is 4. The van der Waals surface area contributed by atoms with Gasteiger partial charge in [-0.3, -0.25) is 9.59 Å². The van der Waals surface area contributed by atoms with Crippen molar-refractivity contribution in [3.8, 4) is 0 Å². The number of carbonyl (C=O) groups is 4. The molecule has 0 aliphatic rings. The fourth-order valence-electron chi connectivity index (χ4n) is 2.03. The van der Waals surface area contributed by atoms with Crippen molar-refractivity contribution in [1.82, 2.24) is 0 Å². The molecule has 204 valence electrons. The standard InChI is InChI=1S/C11H18F2O5.C11H16F2O4/c1-5(2)17-10(15)7(8(14)9(12)13)11(16)18-6(3)4;1-6(2)16-10(14)8(5-9(12)13)11(15)17-7(3)4/h5-9,14H,1-4H3;5-7,9H,1-4H3. The Morgan fingerprint density at radius 2 is 0.943 bits per heavy atom. The van der Waals surface area contributed by atoms with Crippen LogP contribution in [-0.4, -0.2) is 72.4 Å². The number of rotatable bonds is 11. The number of aliphatic hydroxyl groups is 1. The Labute approximate surface area is 201 Å². The van der Waals surface area contributed by atoms with Crippen LogP contribution in [0.25, 0.3) is 0 Å². The minimum atomic E-state index is -3.24. The number of carbonyl (C=O) groups excluding carboxylic acids is 4. The van der Waals surface area contributed by atoms with E-state index < -0.39 is 78.7 Å². The van der Waals surface area contributed by atoms with Crippen molar-refractivity contribution in [3.63, 3.8) is 0 Å². The fourth-order valence-corrected chi connectivity index (χ4v) is 2.03. The summed E-state index contributed by atoms with van der Waals surface area (Å²) < 4.78 is 67.8. The lowest BCUT2D eigenvalue weighted by Gasteiger charge is -2.21. The number of hydrogen-bond acceptors (Lipinski definition) is 9. The summed E-state index contributed by atoms with van der Waals surface area (Å²) in [5.74, 6) is -6.68. The van der Waals surface area contributed by atoms with Crippen molar-refractivity contribution < 1.29 is 60.8 Å². The van der Waals surface area contributed by atoms with Gasteiger partial charge in [0, 0.05) is 6.08 Å². The third kappa shape index (κ3) is 15.8. The van der Waals surface area contributed by atoms with E-state index in [0.717, 1.165) is 0 Å². The van der Waals surface area contributed by atoms with E-state index >= 15 is 0 Å². The summed E-state index contributed by atoms with van der Waals surface area (Å²) in [6.07, 6.45) is -10.6. The summed E-state index contributed by atoms with van der Waals surface area (Å²) in [5.41, 5.74) is -0.776. The zero-order chi connectivity index (χ0) is 28.0. The number of esters is 4. The van der Waals surface area contributed by atoms with Gasteiger partial charge in [0.05, 0.1) is 24.4 Å². The SMILES string of the molecule is CC(C)OC(=O)C(=CC(F)F)C(=O)OC(C)C.CC(C)OC(=O)C(C(=O)OC(C)C)C(O)C(F)F. The summed E-state index contributed by atoms with van der Waals surface area (Å²) in [6.45, 7) is 12.2. The van der Waals surface area contributed by atoms with Crippen LogP contribution < -0.4 is 0 Å². The predicted octanol–water partition coefficient (Wildman–Crippen LogP) is 3.21. The topological polar surface area (TPSA) is 125 Å². The highest BCUT2D eigenvalue weighted by molar-refractivity contribution is 6.14. The molecule has 0 rings (SSSR count). The van der Waals surface area contributed by atoms with Crippen LogP contribution in [0.3, 0.4) is 0 Å². The highest BCUT2D eigenvalue weighted by Gasteiger charge is 2.42. The van der Waals surface area contributed by atoms with E-state index in [-0.39, 0.29) is 6.08 Å². The van der Waals surface area contributed by atoms with Crippen molar-refractivity contribution in [3.05, 3.63) is 11.6 Å². The van der Waals surface area contributed by atoms with Crippen molar-refractivity contribution >= 4 is 23.9 Å². The minimum Gasteiger partial charge on any atom is -0.462 e. The molecule has 0 bridgehead atoms. The van der Waals surface area contributed by atoms with Crippen molar-refractivity contribution in [2.24, 2.45) is 5.92 Å². The normalized spacial score (nSPS) is 12.0. The van der Waals surface area contributed by atoms with Crippen LogP contribution >= 0.6 is 0 Å². The lowest BCUT2D eigenvalue weighted by Crippen LogP contribution is -2.42. The second-order valence-corrected chi connectivity index (χ2v) is 8.10. The van der Waals surface area contributed by atoms with Crippen molar-refractivity contribution in [1.29, 1.82) is 0 Å². The summed E-state index contributed by atoms with van der Waals surface area (Å²) >= 11 is 0. The second-order valence-electron chi connectivity index (χ2n) is 8.10. The van der Waals surface area contributed by atoms with E-state index in [2.05, 4.69) is 18.9 Å². The Hall–Kier alpha value is -2.70. The van der Waals surface area contributed by atoms with Gasteiger partial charge in [0.1, 0.15) is 11.7 Å². The van der Waals surface area contributed by atoms with Gasteiger partial charge in [0.2, 0.25) is 0 Å². The monoisotopic (exact) mass is 518 g/mol. The molecule has 0 aromatic rings. The predicted molar refractivity (Wildman–Crippen MR) is 114 cm³/mol. The third-order valence-electron chi connectivity index (χ3n) is 3.23. The zero-order valence-corrected chi connectivity index (χ0v) is 20.9. The lowest BCUT2D eigenvalue weighted by molar-refractivity contribution is -0.177. The Bertz CT molecular complexity index is 674. The number of aliphatic hydroxyl groups excluding tert-OH is 1. The quantitative estimate of drug-likeness (QED) is 0.110. The van der Waals surface area contributed by atoms with E-state index in [1.165, 1.54) is 27.7 Å². The molecule has 0 heterocycles. The second kappa shape index (κ2) is 16.8. The van der Waals surface area contributed by atoms with Crippen LogP contribution in [0.5, 0.6) is 0 Å². The van der Waals surface area contributed by atoms with Crippen LogP contribution in [0.4, 0.5) is 17.6 Å². The average Bonchev–Trinajstić information content (AvgIpc) is 2.63. The van der Waals surface area contributed by atoms with E-state index in [4.69, 9.17) is 0 Å². The Morgan fingerprint density at radius 1 is 0.629 bits per heavy atom. The first-order valence-electron chi connectivity index (χ1n) is 10.7. The number of allylic oxidation sites excluding steroid dienone is 1. The molecule has 1 N–H and O–H groups in total. The Kier molecular flexibility index (Phi) is 16.6. The summed E-state index contributed by atoms with van der Waals surface area (Å²) in [4.78, 5) is 45.8. The molecule has 0 spiro atoms. The maximum atomic E-state index is 12.4. The molecule has 0 aliphatic heterocycles. The van der Waals surface area contributed by atoms with Gasteiger partial charge < -0.3 is 24.1 Å². The maximum Gasteiger partial charge on any atom is 0.345 e. The molecule has 0 saturated carbocycles. The Morgan fingerprint density at radius 3 is 1.17 bits per heavy atom. The van der Waals surface area contributed by atoms with Gasteiger partial charge in [-0.2, -0.15) is 0 Å². The first kappa shape index (κ1) is 34.5. The van der Waals surface area contributed by atoms with Crippen LogP contribution in [0.15, 0.2) is 11.6 Å². The van der Waals surface area contributed by atoms with Gasteiger partial charge in [-0.1, -0.05) is 0 Å². The van der Waals surface area contributed by atoms with Crippen molar-refractivity contribution in [2.45, 2.75) is 98.8 Å². The van der Waals surface area contributed by atoms with Crippen LogP contribution in [-0.2, 0) is 38.1 Å². The molecule has 0 radical (unpaired) electrons. The summed E-state index contributed by atoms with van der Waals surface area (Å²) in [7, 11) is 0. The molecule has 1 atom stereocenters. The highest BCUT2D eigenvalue weighted by Crippen LogP contribution is 2.17. The van der Waals surface area contributed by atoms with Crippen molar-refractivity contribution in [2.75, 3.05) is 0 Å². The zero-order valence-electron chi connectivity index (χ0n) is 20.9. The molecule has 35 heavy (non-hydrogen) atoms. The van der Waals surface area contributed by atoms with Gasteiger partial charge in [0.15, 0.2) is 5.92 Å². The molecule has 1 unspecified atom stereocenters. The number of ether oxygens (including phenoxy) is 4. The van der Waals surface area contributed by atoms with Gasteiger partial charge in [-0.25, -0.2) is 27.2 Å². The molecular formula is C22H34F4O9. The third-order valence-corrected chi connectivity index (χ3v) is 3.23. The summed E-state index contributed by atoms with van der Waals surface area (Å²) in [6, 6.07) is 0. The molecule has 9 nitrogen and oxygen atoms in total. The average molecular weight is 518 g/mol. The number of hydrogen-bond donors (Lipinski definition) is 1. The maximum absolute atomic E-state index is 12.4. The molecular weight excluding hydrogens is 484 g/mol. The van der Waals surface area contributed by atoms with Gasteiger partial charge in [0.25, 0.3) is 12.9 Å². The number of halogens is 4.